The zero-order chi connectivity index (χ0) is 16.4. The topological polar surface area (TPSA) is 48.3 Å². The zero-order valence-electron chi connectivity index (χ0n) is 13.1. The van der Waals surface area contributed by atoms with Gasteiger partial charge in [-0.3, -0.25) is 4.79 Å². The van der Waals surface area contributed by atoms with Gasteiger partial charge >= 0.3 is 5.97 Å². The van der Waals surface area contributed by atoms with E-state index in [9.17, 15) is 9.59 Å². The van der Waals surface area contributed by atoms with Crippen molar-refractivity contribution in [3.63, 3.8) is 0 Å². The van der Waals surface area contributed by atoms with Gasteiger partial charge in [-0.1, -0.05) is 30.3 Å². The minimum absolute atomic E-state index is 0.0233. The number of aryl methyl sites for hydroxylation is 1. The summed E-state index contributed by atoms with van der Waals surface area (Å²) < 4.78 is 6.35. The molecule has 0 aliphatic rings. The third kappa shape index (κ3) is 2.88. The molecule has 0 aliphatic carbocycles. The molecular formula is C19H17NO3. The lowest BCUT2D eigenvalue weighted by molar-refractivity contribution is 0.0600. The molecule has 4 nitrogen and oxygen atoms in total. The largest absolute Gasteiger partial charge is 0.465 e. The summed E-state index contributed by atoms with van der Waals surface area (Å²) in [6, 6.07) is 16.8. The number of rotatable bonds is 3. The molecule has 2 aromatic carbocycles. The van der Waals surface area contributed by atoms with Crippen LogP contribution in [0.5, 0.6) is 0 Å². The van der Waals surface area contributed by atoms with Crippen molar-refractivity contribution in [1.29, 1.82) is 0 Å². The molecule has 0 saturated heterocycles. The van der Waals surface area contributed by atoms with E-state index in [4.69, 9.17) is 4.74 Å². The first-order chi connectivity index (χ1) is 11.1. The van der Waals surface area contributed by atoms with E-state index in [-0.39, 0.29) is 11.5 Å². The van der Waals surface area contributed by atoms with Crippen LogP contribution in [0.2, 0.25) is 0 Å². The van der Waals surface area contributed by atoms with Crippen LogP contribution in [-0.2, 0) is 18.2 Å². The number of ether oxygens (including phenoxy) is 1. The Balaban J connectivity index is 2.00. The molecule has 3 rings (SSSR count). The van der Waals surface area contributed by atoms with Crippen molar-refractivity contribution in [2.75, 3.05) is 7.11 Å². The molecule has 0 atom stereocenters. The number of hydrogen-bond donors (Lipinski definition) is 0. The van der Waals surface area contributed by atoms with E-state index in [0.717, 1.165) is 22.0 Å². The fourth-order valence-corrected chi connectivity index (χ4v) is 2.72. The Bertz CT molecular complexity index is 923. The molecule has 0 spiro atoms. The SMILES string of the molecule is COC(=O)c1ccc(Cc2cc(=O)n(C)c3ccccc23)cc1. The van der Waals surface area contributed by atoms with E-state index in [1.165, 1.54) is 7.11 Å². The van der Waals surface area contributed by atoms with Crippen LogP contribution in [0.15, 0.2) is 59.4 Å². The second-order valence-corrected chi connectivity index (χ2v) is 5.45. The molecule has 0 saturated carbocycles. The number of nitrogens with zero attached hydrogens (tertiary/aromatic N) is 1. The second kappa shape index (κ2) is 6.08. The fraction of sp³-hybridized carbons (Fsp3) is 0.158. The van der Waals surface area contributed by atoms with E-state index in [1.807, 2.05) is 36.4 Å². The van der Waals surface area contributed by atoms with Gasteiger partial charge in [-0.2, -0.15) is 0 Å². The average molecular weight is 307 g/mol. The third-order valence-corrected chi connectivity index (χ3v) is 4.01. The van der Waals surface area contributed by atoms with Crippen LogP contribution in [-0.4, -0.2) is 17.6 Å². The molecule has 0 N–H and O–H groups in total. The van der Waals surface area contributed by atoms with Crippen LogP contribution >= 0.6 is 0 Å². The Kier molecular flexibility index (Phi) is 3.98. The van der Waals surface area contributed by atoms with Crippen molar-refractivity contribution in [3.05, 3.63) is 81.6 Å². The van der Waals surface area contributed by atoms with Crippen LogP contribution < -0.4 is 5.56 Å². The van der Waals surface area contributed by atoms with Crippen LogP contribution in [0.3, 0.4) is 0 Å². The highest BCUT2D eigenvalue weighted by Gasteiger charge is 2.08. The lowest BCUT2D eigenvalue weighted by Crippen LogP contribution is -2.17. The van der Waals surface area contributed by atoms with E-state index in [1.54, 1.807) is 29.8 Å². The van der Waals surface area contributed by atoms with Crippen molar-refractivity contribution >= 4 is 16.9 Å². The van der Waals surface area contributed by atoms with Gasteiger partial charge in [0.1, 0.15) is 0 Å². The van der Waals surface area contributed by atoms with Gasteiger partial charge in [-0.15, -0.1) is 0 Å². The zero-order valence-corrected chi connectivity index (χ0v) is 13.1. The third-order valence-electron chi connectivity index (χ3n) is 4.01. The Morgan fingerprint density at radius 1 is 1.09 bits per heavy atom. The summed E-state index contributed by atoms with van der Waals surface area (Å²) in [4.78, 5) is 23.6. The Hall–Kier alpha value is -2.88. The number of hydrogen-bond acceptors (Lipinski definition) is 3. The molecule has 116 valence electrons. The first kappa shape index (κ1) is 15.0. The second-order valence-electron chi connectivity index (χ2n) is 5.45. The van der Waals surface area contributed by atoms with Crippen LogP contribution in [0.25, 0.3) is 10.9 Å². The molecular weight excluding hydrogens is 290 g/mol. The van der Waals surface area contributed by atoms with Crippen LogP contribution in [0.4, 0.5) is 0 Å². The fourth-order valence-electron chi connectivity index (χ4n) is 2.72. The number of para-hydroxylation sites is 1. The number of carbonyl (C=O) groups excluding carboxylic acids is 1. The molecule has 23 heavy (non-hydrogen) atoms. The summed E-state index contributed by atoms with van der Waals surface area (Å²) in [6.07, 6.45) is 0.637. The summed E-state index contributed by atoms with van der Waals surface area (Å²) in [5.74, 6) is -0.351. The number of carbonyl (C=O) groups is 1. The number of aromatic nitrogens is 1. The average Bonchev–Trinajstić information content (AvgIpc) is 2.59. The van der Waals surface area contributed by atoms with Gasteiger partial charge in [-0.25, -0.2) is 4.79 Å². The predicted octanol–water partition coefficient (Wildman–Crippen LogP) is 2.92. The molecule has 4 heteroatoms. The van der Waals surface area contributed by atoms with Crippen molar-refractivity contribution in [2.45, 2.75) is 6.42 Å². The van der Waals surface area contributed by atoms with Gasteiger partial charge in [0.05, 0.1) is 18.2 Å². The Morgan fingerprint density at radius 3 is 2.48 bits per heavy atom. The number of esters is 1. The minimum Gasteiger partial charge on any atom is -0.465 e. The molecule has 0 amide bonds. The normalized spacial score (nSPS) is 10.7. The van der Waals surface area contributed by atoms with Gasteiger partial charge in [0.15, 0.2) is 0 Å². The maximum Gasteiger partial charge on any atom is 0.337 e. The summed E-state index contributed by atoms with van der Waals surface area (Å²) >= 11 is 0. The highest BCUT2D eigenvalue weighted by Crippen LogP contribution is 2.19. The molecule has 0 fully saturated rings. The first-order valence-electron chi connectivity index (χ1n) is 7.35. The van der Waals surface area contributed by atoms with Gasteiger partial charge in [0, 0.05) is 18.5 Å². The highest BCUT2D eigenvalue weighted by atomic mass is 16.5. The number of pyridine rings is 1. The minimum atomic E-state index is -0.351. The molecule has 1 aromatic heterocycles. The van der Waals surface area contributed by atoms with Gasteiger partial charge in [0.25, 0.3) is 5.56 Å². The quantitative estimate of drug-likeness (QED) is 0.699. The van der Waals surface area contributed by atoms with Gasteiger partial charge < -0.3 is 9.30 Å². The molecule has 0 unspecified atom stereocenters. The summed E-state index contributed by atoms with van der Waals surface area (Å²) in [5.41, 5.74) is 3.43. The highest BCUT2D eigenvalue weighted by molar-refractivity contribution is 5.89. The van der Waals surface area contributed by atoms with Crippen molar-refractivity contribution < 1.29 is 9.53 Å². The smallest absolute Gasteiger partial charge is 0.337 e. The van der Waals surface area contributed by atoms with Crippen LogP contribution in [0.1, 0.15) is 21.5 Å². The van der Waals surface area contributed by atoms with Crippen molar-refractivity contribution in [1.82, 2.24) is 4.57 Å². The Morgan fingerprint density at radius 2 is 1.78 bits per heavy atom. The standard InChI is InChI=1S/C19H17NO3/c1-20-17-6-4-3-5-16(17)15(12-18(20)21)11-13-7-9-14(10-8-13)19(22)23-2/h3-10,12H,11H2,1-2H3. The van der Waals surface area contributed by atoms with Gasteiger partial charge in [0.2, 0.25) is 0 Å². The number of methoxy groups -OCH3 is 1. The van der Waals surface area contributed by atoms with Crippen molar-refractivity contribution in [2.24, 2.45) is 7.05 Å². The molecule has 0 aliphatic heterocycles. The van der Waals surface area contributed by atoms with Crippen LogP contribution in [0, 0.1) is 0 Å². The monoisotopic (exact) mass is 307 g/mol. The van der Waals surface area contributed by atoms with E-state index < -0.39 is 0 Å². The Labute approximate surface area is 133 Å². The molecule has 0 bridgehead atoms. The number of fused-ring (bicyclic) bond motifs is 1. The van der Waals surface area contributed by atoms with E-state index in [0.29, 0.717) is 12.0 Å². The summed E-state index contributed by atoms with van der Waals surface area (Å²) in [6.45, 7) is 0. The molecule has 1 heterocycles. The maximum atomic E-state index is 12.1. The lowest BCUT2D eigenvalue weighted by Gasteiger charge is -2.10. The van der Waals surface area contributed by atoms with Gasteiger partial charge in [-0.05, 0) is 35.7 Å². The summed E-state index contributed by atoms with van der Waals surface area (Å²) in [5, 5.41) is 1.06. The first-order valence-corrected chi connectivity index (χ1v) is 7.35. The number of benzene rings is 2. The predicted molar refractivity (Wildman–Crippen MR) is 89.8 cm³/mol. The molecule has 3 aromatic rings. The maximum absolute atomic E-state index is 12.1. The van der Waals surface area contributed by atoms with Crippen molar-refractivity contribution in [3.8, 4) is 0 Å². The lowest BCUT2D eigenvalue weighted by atomic mass is 10.00. The van der Waals surface area contributed by atoms with E-state index >= 15 is 0 Å². The summed E-state index contributed by atoms with van der Waals surface area (Å²) in [7, 11) is 3.14. The van der Waals surface area contributed by atoms with E-state index in [2.05, 4.69) is 0 Å². The molecule has 0 radical (unpaired) electrons.